The SMILES string of the molecule is CCCCCCCC(=O)n1oooc2ccccc21. The first kappa shape index (κ1) is 13.5. The van der Waals surface area contributed by atoms with Crippen LogP contribution in [0.1, 0.15) is 50.2 Å². The summed E-state index contributed by atoms with van der Waals surface area (Å²) in [5, 5.41) is 0. The fraction of sp³-hybridized carbons (Fsp3) is 0.500. The molecule has 1 aromatic carbocycles. The Morgan fingerprint density at radius 1 is 1.16 bits per heavy atom. The van der Waals surface area contributed by atoms with Gasteiger partial charge in [-0.3, -0.25) is 4.79 Å². The van der Waals surface area contributed by atoms with E-state index in [0.717, 1.165) is 17.6 Å². The molecule has 2 aromatic rings. The Morgan fingerprint density at radius 3 is 2.79 bits per heavy atom. The first-order chi connectivity index (χ1) is 9.33. The van der Waals surface area contributed by atoms with Crippen molar-refractivity contribution in [2.24, 2.45) is 0 Å². The van der Waals surface area contributed by atoms with Crippen LogP contribution in [0.4, 0.5) is 0 Å². The summed E-state index contributed by atoms with van der Waals surface area (Å²) in [6.45, 7) is 2.17. The Bertz CT molecular complexity index is 551. The van der Waals surface area contributed by atoms with Crippen LogP contribution in [-0.2, 0) is 0 Å². The summed E-state index contributed by atoms with van der Waals surface area (Å²) in [4.78, 5) is 12.1. The van der Waals surface area contributed by atoms with Gasteiger partial charge in [-0.25, -0.2) is 4.58 Å². The molecule has 2 rings (SSSR count). The Labute approximate surface area is 111 Å². The molecule has 0 fully saturated rings. The van der Waals surface area contributed by atoms with Crippen LogP contribution in [0, 0.1) is 0 Å². The monoisotopic (exact) mass is 265 g/mol. The average Bonchev–Trinajstić information content (AvgIpc) is 2.46. The number of aromatic nitrogens is 1. The summed E-state index contributed by atoms with van der Waals surface area (Å²) in [5.41, 5.74) is 1.06. The van der Waals surface area contributed by atoms with Gasteiger partial charge in [0.25, 0.3) is 5.91 Å². The summed E-state index contributed by atoms with van der Waals surface area (Å²) in [6, 6.07) is 7.10. The van der Waals surface area contributed by atoms with Gasteiger partial charge in [0.15, 0.2) is 0 Å². The molecule has 0 saturated heterocycles. The zero-order valence-corrected chi connectivity index (χ0v) is 11.1. The molecule has 0 unspecified atom stereocenters. The van der Waals surface area contributed by atoms with Crippen LogP contribution < -0.4 is 0 Å². The first-order valence-corrected chi connectivity index (χ1v) is 6.76. The van der Waals surface area contributed by atoms with Gasteiger partial charge < -0.3 is 0 Å². The van der Waals surface area contributed by atoms with Gasteiger partial charge in [0, 0.05) is 6.42 Å². The van der Waals surface area contributed by atoms with E-state index in [4.69, 9.17) is 9.26 Å². The molecule has 0 spiro atoms. The van der Waals surface area contributed by atoms with Crippen LogP contribution in [0.3, 0.4) is 0 Å². The Kier molecular flexibility index (Phi) is 4.89. The highest BCUT2D eigenvalue weighted by atomic mass is 17.3. The van der Waals surface area contributed by atoms with E-state index in [1.54, 1.807) is 18.2 Å². The molecule has 0 radical (unpaired) electrons. The van der Waals surface area contributed by atoms with Gasteiger partial charge in [-0.2, -0.15) is 0 Å². The molecule has 0 bridgehead atoms. The maximum Gasteiger partial charge on any atom is 0.264 e. The van der Waals surface area contributed by atoms with Crippen molar-refractivity contribution >= 4 is 17.0 Å². The average molecular weight is 265 g/mol. The van der Waals surface area contributed by atoms with Crippen LogP contribution in [0.5, 0.6) is 0 Å². The molecule has 0 aliphatic rings. The van der Waals surface area contributed by atoms with Gasteiger partial charge in [-0.05, 0) is 18.6 Å². The van der Waals surface area contributed by atoms with E-state index in [1.807, 2.05) is 6.07 Å². The number of carbonyl (C=O) groups is 1. The quantitative estimate of drug-likeness (QED) is 0.568. The van der Waals surface area contributed by atoms with E-state index >= 15 is 0 Å². The molecule has 5 nitrogen and oxygen atoms in total. The van der Waals surface area contributed by atoms with Gasteiger partial charge in [0.05, 0.1) is 0 Å². The molecule has 0 amide bonds. The van der Waals surface area contributed by atoms with Gasteiger partial charge in [-0.1, -0.05) is 54.2 Å². The highest BCUT2D eigenvalue weighted by molar-refractivity contribution is 5.86. The summed E-state index contributed by atoms with van der Waals surface area (Å²) in [7, 11) is 0. The molecule has 104 valence electrons. The van der Waals surface area contributed by atoms with E-state index < -0.39 is 0 Å². The molecule has 0 saturated carbocycles. The van der Waals surface area contributed by atoms with E-state index in [-0.39, 0.29) is 5.91 Å². The minimum absolute atomic E-state index is 0.118. The summed E-state index contributed by atoms with van der Waals surface area (Å²) >= 11 is 0. The fourth-order valence-electron chi connectivity index (χ4n) is 1.98. The lowest BCUT2D eigenvalue weighted by atomic mass is 10.1. The molecule has 19 heavy (non-hydrogen) atoms. The highest BCUT2D eigenvalue weighted by Crippen LogP contribution is 2.14. The molecule has 1 aromatic heterocycles. The summed E-state index contributed by atoms with van der Waals surface area (Å²) in [6.07, 6.45) is 5.95. The van der Waals surface area contributed by atoms with Crippen LogP contribution in [-0.4, -0.2) is 10.6 Å². The number of unbranched alkanes of at least 4 members (excludes halogenated alkanes) is 4. The number of para-hydroxylation sites is 2. The molecular formula is C14H19NO4. The number of hydrogen-bond acceptors (Lipinski definition) is 4. The molecule has 0 aliphatic heterocycles. The number of rotatable bonds is 6. The smallest absolute Gasteiger partial charge is 0.264 e. The van der Waals surface area contributed by atoms with Gasteiger partial charge in [0.2, 0.25) is 5.58 Å². The van der Waals surface area contributed by atoms with Crippen LogP contribution in [0.25, 0.3) is 11.1 Å². The minimum Gasteiger partial charge on any atom is -0.271 e. The third-order valence-electron chi connectivity index (χ3n) is 3.03. The third-order valence-corrected chi connectivity index (χ3v) is 3.03. The Balaban J connectivity index is 2.01. The zero-order valence-electron chi connectivity index (χ0n) is 11.1. The van der Waals surface area contributed by atoms with Crippen molar-refractivity contribution < 1.29 is 18.8 Å². The van der Waals surface area contributed by atoms with Crippen LogP contribution >= 0.6 is 0 Å². The lowest BCUT2D eigenvalue weighted by molar-refractivity contribution is -0.215. The molecule has 5 heteroatoms. The van der Waals surface area contributed by atoms with E-state index in [1.165, 1.54) is 19.3 Å². The first-order valence-electron chi connectivity index (χ1n) is 6.76. The molecule has 0 aliphatic carbocycles. The predicted octanol–water partition coefficient (Wildman–Crippen LogP) is 4.55. The van der Waals surface area contributed by atoms with Crippen molar-refractivity contribution in [3.05, 3.63) is 24.3 Å². The standard InChI is InChI=1S/C14H19NO4/c1-2-3-4-5-6-11-14(16)15-12-9-7-8-10-13(12)17-19-18-15/h7-10H,2-6,11H2,1H3. The van der Waals surface area contributed by atoms with Crippen LogP contribution in [0.2, 0.25) is 0 Å². The fourth-order valence-corrected chi connectivity index (χ4v) is 1.98. The van der Waals surface area contributed by atoms with Crippen molar-refractivity contribution in [1.82, 2.24) is 4.74 Å². The van der Waals surface area contributed by atoms with Crippen molar-refractivity contribution in [1.29, 1.82) is 0 Å². The molecule has 1 heterocycles. The van der Waals surface area contributed by atoms with Gasteiger partial charge >= 0.3 is 0 Å². The van der Waals surface area contributed by atoms with Gasteiger partial charge in [0.1, 0.15) is 5.52 Å². The van der Waals surface area contributed by atoms with Crippen LogP contribution in [0.15, 0.2) is 38.3 Å². The summed E-state index contributed by atoms with van der Waals surface area (Å²) < 4.78 is 15.3. The summed E-state index contributed by atoms with van der Waals surface area (Å²) in [5.74, 6) is -0.118. The second kappa shape index (κ2) is 6.87. The number of carbonyl (C=O) groups excluding carboxylic acids is 1. The Morgan fingerprint density at radius 2 is 1.95 bits per heavy atom. The zero-order chi connectivity index (χ0) is 13.5. The normalized spacial score (nSPS) is 10.8. The molecule has 0 atom stereocenters. The predicted molar refractivity (Wildman–Crippen MR) is 70.4 cm³/mol. The number of nitrogens with zero attached hydrogens (tertiary/aromatic N) is 1. The van der Waals surface area contributed by atoms with Gasteiger partial charge in [-0.15, -0.1) is 4.68 Å². The Hall–Kier alpha value is -1.91. The second-order valence-corrected chi connectivity index (χ2v) is 4.55. The number of hydrogen-bond donors (Lipinski definition) is 0. The van der Waals surface area contributed by atoms with Crippen molar-refractivity contribution in [2.45, 2.75) is 45.4 Å². The largest absolute Gasteiger partial charge is 0.271 e. The number of benzene rings is 1. The lowest BCUT2D eigenvalue weighted by Gasteiger charge is -2.04. The van der Waals surface area contributed by atoms with E-state index in [9.17, 15) is 4.79 Å². The number of fused-ring (bicyclic) bond motifs is 1. The third kappa shape index (κ3) is 3.53. The van der Waals surface area contributed by atoms with Crippen molar-refractivity contribution in [3.63, 3.8) is 0 Å². The van der Waals surface area contributed by atoms with E-state index in [0.29, 0.717) is 17.5 Å². The highest BCUT2D eigenvalue weighted by Gasteiger charge is 2.11. The minimum atomic E-state index is -0.118. The maximum absolute atomic E-state index is 12.1. The molecular weight excluding hydrogens is 246 g/mol. The van der Waals surface area contributed by atoms with Crippen molar-refractivity contribution in [3.8, 4) is 0 Å². The molecule has 0 N–H and O–H groups in total. The second-order valence-electron chi connectivity index (χ2n) is 4.55. The topological polar surface area (TPSA) is 61.4 Å². The maximum atomic E-state index is 12.1. The van der Waals surface area contributed by atoms with Crippen molar-refractivity contribution in [2.75, 3.05) is 0 Å². The van der Waals surface area contributed by atoms with E-state index in [2.05, 4.69) is 11.7 Å². The lowest BCUT2D eigenvalue weighted by Crippen LogP contribution is -2.11.